The molecule has 0 radical (unpaired) electrons. The molecule has 4 N–H and O–H groups in total. The zero-order chi connectivity index (χ0) is 8.27. The van der Waals surface area contributed by atoms with E-state index in [-0.39, 0.29) is 0 Å². The molecular weight excluding hydrogens is 160 g/mol. The van der Waals surface area contributed by atoms with Crippen LogP contribution in [0.2, 0.25) is 0 Å². The zero-order valence-corrected chi connectivity index (χ0v) is 7.45. The lowest BCUT2D eigenvalue weighted by Crippen LogP contribution is -2.45. The molecule has 1 atom stereocenters. The van der Waals surface area contributed by atoms with Gasteiger partial charge in [-0.3, -0.25) is 0 Å². The first kappa shape index (κ1) is 8.70. The number of hydrazine groups is 1. The molecule has 1 aliphatic rings. The first-order valence-electron chi connectivity index (χ1n) is 3.68. The van der Waals surface area contributed by atoms with Gasteiger partial charge in [0, 0.05) is 12.6 Å². The van der Waals surface area contributed by atoms with Crippen molar-refractivity contribution < 1.29 is 0 Å². The van der Waals surface area contributed by atoms with E-state index in [1.807, 2.05) is 0 Å². The number of nitrogens with zero attached hydrogens (tertiary/aromatic N) is 1. The van der Waals surface area contributed by atoms with Gasteiger partial charge in [0.1, 0.15) is 0 Å². The maximum absolute atomic E-state index is 5.12. The van der Waals surface area contributed by atoms with Crippen molar-refractivity contribution in [3.8, 4) is 0 Å². The highest BCUT2D eigenvalue weighted by molar-refractivity contribution is 7.80. The van der Waals surface area contributed by atoms with Crippen LogP contribution < -0.4 is 16.6 Å². The minimum atomic E-state index is 0.462. The van der Waals surface area contributed by atoms with Gasteiger partial charge in [-0.2, -0.15) is 0 Å². The van der Waals surface area contributed by atoms with Crippen LogP contribution in [0.4, 0.5) is 0 Å². The predicted octanol–water partition coefficient (Wildman–Crippen LogP) is -0.972. The largest absolute Gasteiger partial charge is 0.358 e. The van der Waals surface area contributed by atoms with Crippen molar-refractivity contribution >= 4 is 17.3 Å². The molecule has 0 amide bonds. The van der Waals surface area contributed by atoms with Gasteiger partial charge in [0.2, 0.25) is 0 Å². The van der Waals surface area contributed by atoms with Crippen LogP contribution in [-0.2, 0) is 0 Å². The van der Waals surface area contributed by atoms with Crippen molar-refractivity contribution in [3.63, 3.8) is 0 Å². The topological polar surface area (TPSA) is 53.3 Å². The Morgan fingerprint density at radius 3 is 2.91 bits per heavy atom. The normalized spacial score (nSPS) is 25.1. The number of hydrogen-bond acceptors (Lipinski definition) is 3. The molecule has 1 saturated heterocycles. The van der Waals surface area contributed by atoms with E-state index in [4.69, 9.17) is 18.1 Å². The van der Waals surface area contributed by atoms with Crippen molar-refractivity contribution in [2.75, 3.05) is 20.1 Å². The van der Waals surface area contributed by atoms with E-state index in [0.717, 1.165) is 19.5 Å². The third-order valence-electron chi connectivity index (χ3n) is 1.86. The van der Waals surface area contributed by atoms with Crippen LogP contribution >= 0.6 is 12.2 Å². The van der Waals surface area contributed by atoms with E-state index in [2.05, 4.69) is 22.7 Å². The number of likely N-dealkylation sites (tertiary alicyclic amines) is 1. The van der Waals surface area contributed by atoms with Crippen LogP contribution in [0.5, 0.6) is 0 Å². The van der Waals surface area contributed by atoms with Gasteiger partial charge < -0.3 is 15.6 Å². The number of hydrogen-bond donors (Lipinski definition) is 3. The van der Waals surface area contributed by atoms with E-state index in [0.29, 0.717) is 11.2 Å². The van der Waals surface area contributed by atoms with Gasteiger partial charge in [0.15, 0.2) is 5.11 Å². The third-order valence-corrected chi connectivity index (χ3v) is 2.09. The summed E-state index contributed by atoms with van der Waals surface area (Å²) in [6, 6.07) is 0.462. The molecule has 0 aliphatic carbocycles. The fraction of sp³-hybridized carbons (Fsp3) is 0.833. The first-order chi connectivity index (χ1) is 5.22. The number of likely N-dealkylation sites (N-methyl/N-ethyl adjacent to an activating group) is 1. The Kier molecular flexibility index (Phi) is 3.04. The lowest BCUT2D eigenvalue weighted by Gasteiger charge is -2.13. The summed E-state index contributed by atoms with van der Waals surface area (Å²) in [5.74, 6) is 5.12. The van der Waals surface area contributed by atoms with Crippen LogP contribution in [-0.4, -0.2) is 36.2 Å². The molecule has 4 nitrogen and oxygen atoms in total. The molecule has 1 rings (SSSR count). The average molecular weight is 174 g/mol. The maximum Gasteiger partial charge on any atom is 0.180 e. The SMILES string of the molecule is CN1CCC(NC(=S)NN)C1. The fourth-order valence-corrected chi connectivity index (χ4v) is 1.45. The van der Waals surface area contributed by atoms with Crippen LogP contribution in [0.15, 0.2) is 0 Å². The molecule has 0 bridgehead atoms. The number of nitrogens with one attached hydrogen (secondary N) is 2. The Labute approximate surface area is 72.1 Å². The first-order valence-corrected chi connectivity index (χ1v) is 4.09. The molecule has 64 valence electrons. The minimum Gasteiger partial charge on any atom is -0.358 e. The van der Waals surface area contributed by atoms with Crippen molar-refractivity contribution in [1.82, 2.24) is 15.6 Å². The molecule has 0 saturated carbocycles. The minimum absolute atomic E-state index is 0.462. The van der Waals surface area contributed by atoms with Gasteiger partial charge in [-0.15, -0.1) is 0 Å². The van der Waals surface area contributed by atoms with Gasteiger partial charge in [-0.1, -0.05) is 0 Å². The monoisotopic (exact) mass is 174 g/mol. The lowest BCUT2D eigenvalue weighted by atomic mass is 10.3. The molecule has 0 spiro atoms. The van der Waals surface area contributed by atoms with Gasteiger partial charge in [0.05, 0.1) is 0 Å². The molecule has 0 aromatic heterocycles. The van der Waals surface area contributed by atoms with Crippen molar-refractivity contribution in [2.45, 2.75) is 12.5 Å². The Balaban J connectivity index is 2.23. The van der Waals surface area contributed by atoms with Gasteiger partial charge in [-0.25, -0.2) is 5.84 Å². The van der Waals surface area contributed by atoms with Crippen LogP contribution in [0, 0.1) is 0 Å². The van der Waals surface area contributed by atoms with Crippen molar-refractivity contribution in [3.05, 3.63) is 0 Å². The van der Waals surface area contributed by atoms with Gasteiger partial charge in [0.25, 0.3) is 0 Å². The summed E-state index contributed by atoms with van der Waals surface area (Å²) >= 11 is 4.86. The maximum atomic E-state index is 5.12. The van der Waals surface area contributed by atoms with Crippen molar-refractivity contribution in [1.29, 1.82) is 0 Å². The number of nitrogens with two attached hydrogens (primary N) is 1. The number of thiocarbonyl (C=S) groups is 1. The molecule has 1 heterocycles. The Bertz CT molecular complexity index is 150. The van der Waals surface area contributed by atoms with Crippen LogP contribution in [0.1, 0.15) is 6.42 Å². The zero-order valence-electron chi connectivity index (χ0n) is 6.63. The molecule has 0 aromatic rings. The number of rotatable bonds is 1. The Morgan fingerprint density at radius 1 is 1.73 bits per heavy atom. The van der Waals surface area contributed by atoms with E-state index >= 15 is 0 Å². The standard InChI is InChI=1S/C6H14N4S/c1-10-3-2-5(4-10)8-6(11)9-7/h5H,2-4,7H2,1H3,(H2,8,9,11). The summed E-state index contributed by atoms with van der Waals surface area (Å²) in [6.45, 7) is 2.17. The third kappa shape index (κ3) is 2.61. The molecular formula is C6H14N4S. The highest BCUT2D eigenvalue weighted by Crippen LogP contribution is 2.05. The average Bonchev–Trinajstić information content (AvgIpc) is 2.35. The summed E-state index contributed by atoms with van der Waals surface area (Å²) in [5, 5.41) is 3.65. The van der Waals surface area contributed by atoms with Crippen LogP contribution in [0.3, 0.4) is 0 Å². The van der Waals surface area contributed by atoms with E-state index in [9.17, 15) is 0 Å². The van der Waals surface area contributed by atoms with E-state index < -0.39 is 0 Å². The van der Waals surface area contributed by atoms with Gasteiger partial charge in [-0.05, 0) is 32.2 Å². The second-order valence-electron chi connectivity index (χ2n) is 2.87. The van der Waals surface area contributed by atoms with Gasteiger partial charge >= 0.3 is 0 Å². The van der Waals surface area contributed by atoms with Crippen LogP contribution in [0.25, 0.3) is 0 Å². The molecule has 11 heavy (non-hydrogen) atoms. The second kappa shape index (κ2) is 3.85. The van der Waals surface area contributed by atoms with E-state index in [1.54, 1.807) is 0 Å². The highest BCUT2D eigenvalue weighted by Gasteiger charge is 2.19. The summed E-state index contributed by atoms with van der Waals surface area (Å²) in [4.78, 5) is 2.26. The molecule has 1 unspecified atom stereocenters. The molecule has 0 aromatic carbocycles. The summed E-state index contributed by atoms with van der Waals surface area (Å²) in [5.41, 5.74) is 2.41. The summed E-state index contributed by atoms with van der Waals surface area (Å²) in [7, 11) is 2.10. The highest BCUT2D eigenvalue weighted by atomic mass is 32.1. The van der Waals surface area contributed by atoms with Crippen molar-refractivity contribution in [2.24, 2.45) is 5.84 Å². The Morgan fingerprint density at radius 2 is 2.45 bits per heavy atom. The molecule has 5 heteroatoms. The Hall–Kier alpha value is -0.390. The fourth-order valence-electron chi connectivity index (χ4n) is 1.28. The quantitative estimate of drug-likeness (QED) is 0.271. The molecule has 1 fully saturated rings. The second-order valence-corrected chi connectivity index (χ2v) is 3.27. The summed E-state index contributed by atoms with van der Waals surface area (Å²) < 4.78 is 0. The smallest absolute Gasteiger partial charge is 0.180 e. The summed E-state index contributed by atoms with van der Waals surface area (Å²) in [6.07, 6.45) is 1.14. The predicted molar refractivity (Wildman–Crippen MR) is 49.0 cm³/mol. The van der Waals surface area contributed by atoms with E-state index in [1.165, 1.54) is 0 Å². The lowest BCUT2D eigenvalue weighted by molar-refractivity contribution is 0.407. The molecule has 1 aliphatic heterocycles.